The summed E-state index contributed by atoms with van der Waals surface area (Å²) in [6.45, 7) is 6.21. The standard InChI is InChI=1S/C20H27N5O2/c1-2-19(26)18-13-16-14-24(11-12-25(16)22-18)15-6-9-23(10-7-15)20(27)17-5-3-4-8-21-17/h3-5,8,13,15,19,26H,2,6-7,9-12,14H2,1H3/t19-/m0/s1. The molecular formula is C20H27N5O2. The van der Waals surface area contributed by atoms with Crippen LogP contribution in [0.15, 0.2) is 30.5 Å². The van der Waals surface area contributed by atoms with Crippen molar-refractivity contribution in [1.29, 1.82) is 0 Å². The van der Waals surface area contributed by atoms with Gasteiger partial charge in [0.05, 0.1) is 24.0 Å². The highest BCUT2D eigenvalue weighted by Gasteiger charge is 2.30. The molecule has 4 rings (SSSR count). The minimum atomic E-state index is -0.475. The highest BCUT2D eigenvalue weighted by molar-refractivity contribution is 5.92. The van der Waals surface area contributed by atoms with Crippen molar-refractivity contribution < 1.29 is 9.90 Å². The number of hydrogen-bond acceptors (Lipinski definition) is 5. The highest BCUT2D eigenvalue weighted by Crippen LogP contribution is 2.25. The lowest BCUT2D eigenvalue weighted by molar-refractivity contribution is 0.0564. The van der Waals surface area contributed by atoms with Crippen molar-refractivity contribution in [3.63, 3.8) is 0 Å². The normalized spacial score (nSPS) is 19.7. The monoisotopic (exact) mass is 369 g/mol. The summed E-state index contributed by atoms with van der Waals surface area (Å²) in [5.74, 6) is 0.0314. The number of pyridine rings is 1. The maximum atomic E-state index is 12.6. The molecule has 1 saturated heterocycles. The van der Waals surface area contributed by atoms with Crippen LogP contribution >= 0.6 is 0 Å². The molecular weight excluding hydrogens is 342 g/mol. The quantitative estimate of drug-likeness (QED) is 0.890. The molecule has 2 aliphatic heterocycles. The first-order valence-corrected chi connectivity index (χ1v) is 9.84. The summed E-state index contributed by atoms with van der Waals surface area (Å²) in [7, 11) is 0. The van der Waals surface area contributed by atoms with Crippen LogP contribution in [-0.4, -0.2) is 61.3 Å². The number of amides is 1. The lowest BCUT2D eigenvalue weighted by Crippen LogP contribution is -2.48. The molecule has 2 aromatic rings. The maximum absolute atomic E-state index is 12.6. The van der Waals surface area contributed by atoms with Crippen LogP contribution in [0.2, 0.25) is 0 Å². The minimum absolute atomic E-state index is 0.0314. The fraction of sp³-hybridized carbons (Fsp3) is 0.550. The number of rotatable bonds is 4. The number of aliphatic hydroxyl groups is 1. The van der Waals surface area contributed by atoms with E-state index in [4.69, 9.17) is 0 Å². The van der Waals surface area contributed by atoms with E-state index in [1.807, 2.05) is 34.7 Å². The van der Waals surface area contributed by atoms with Gasteiger partial charge in [0, 0.05) is 38.4 Å². The summed E-state index contributed by atoms with van der Waals surface area (Å²) in [5, 5.41) is 14.6. The van der Waals surface area contributed by atoms with Gasteiger partial charge in [0.1, 0.15) is 5.69 Å². The number of carbonyl (C=O) groups is 1. The van der Waals surface area contributed by atoms with Gasteiger partial charge in [-0.15, -0.1) is 0 Å². The Morgan fingerprint density at radius 1 is 1.26 bits per heavy atom. The molecule has 2 aromatic heterocycles. The molecule has 2 aliphatic rings. The number of likely N-dealkylation sites (tertiary alicyclic amines) is 1. The number of fused-ring (bicyclic) bond motifs is 1. The molecule has 1 atom stereocenters. The smallest absolute Gasteiger partial charge is 0.272 e. The van der Waals surface area contributed by atoms with Gasteiger partial charge in [-0.2, -0.15) is 5.10 Å². The Labute approximate surface area is 159 Å². The fourth-order valence-electron chi connectivity index (χ4n) is 4.08. The molecule has 0 radical (unpaired) electrons. The molecule has 27 heavy (non-hydrogen) atoms. The van der Waals surface area contributed by atoms with E-state index >= 15 is 0 Å². The average Bonchev–Trinajstić information content (AvgIpc) is 3.17. The van der Waals surface area contributed by atoms with Crippen molar-refractivity contribution in [2.75, 3.05) is 19.6 Å². The van der Waals surface area contributed by atoms with Crippen LogP contribution in [0, 0.1) is 0 Å². The first-order valence-electron chi connectivity index (χ1n) is 9.84. The van der Waals surface area contributed by atoms with Gasteiger partial charge in [-0.1, -0.05) is 13.0 Å². The zero-order valence-corrected chi connectivity index (χ0v) is 15.8. The van der Waals surface area contributed by atoms with Crippen LogP contribution < -0.4 is 0 Å². The van der Waals surface area contributed by atoms with E-state index in [1.54, 1.807) is 12.3 Å². The van der Waals surface area contributed by atoms with Crippen LogP contribution in [-0.2, 0) is 13.1 Å². The molecule has 0 spiro atoms. The Morgan fingerprint density at radius 3 is 2.78 bits per heavy atom. The average molecular weight is 369 g/mol. The molecule has 144 valence electrons. The second-order valence-corrected chi connectivity index (χ2v) is 7.42. The van der Waals surface area contributed by atoms with Crippen LogP contribution in [0.1, 0.15) is 54.2 Å². The molecule has 7 nitrogen and oxygen atoms in total. The van der Waals surface area contributed by atoms with Crippen LogP contribution in [0.5, 0.6) is 0 Å². The van der Waals surface area contributed by atoms with Gasteiger partial charge in [-0.3, -0.25) is 19.4 Å². The van der Waals surface area contributed by atoms with Gasteiger partial charge < -0.3 is 10.0 Å². The molecule has 0 unspecified atom stereocenters. The Hall–Kier alpha value is -2.25. The molecule has 1 N–H and O–H groups in total. The van der Waals surface area contributed by atoms with Crippen LogP contribution in [0.25, 0.3) is 0 Å². The molecule has 0 saturated carbocycles. The molecule has 0 bridgehead atoms. The first kappa shape index (κ1) is 18.1. The maximum Gasteiger partial charge on any atom is 0.272 e. The Kier molecular flexibility index (Phi) is 5.22. The number of carbonyl (C=O) groups excluding carboxylic acids is 1. The third-order valence-corrected chi connectivity index (χ3v) is 5.73. The summed E-state index contributed by atoms with van der Waals surface area (Å²) >= 11 is 0. The van der Waals surface area contributed by atoms with Crippen molar-refractivity contribution in [2.24, 2.45) is 0 Å². The van der Waals surface area contributed by atoms with E-state index in [0.717, 1.165) is 51.3 Å². The van der Waals surface area contributed by atoms with E-state index in [0.29, 0.717) is 18.2 Å². The van der Waals surface area contributed by atoms with Crippen molar-refractivity contribution >= 4 is 5.91 Å². The molecule has 0 aromatic carbocycles. The largest absolute Gasteiger partial charge is 0.387 e. The zero-order chi connectivity index (χ0) is 18.8. The topological polar surface area (TPSA) is 74.5 Å². The zero-order valence-electron chi connectivity index (χ0n) is 15.8. The van der Waals surface area contributed by atoms with E-state index < -0.39 is 6.10 Å². The first-order chi connectivity index (χ1) is 13.2. The number of aliphatic hydroxyl groups excluding tert-OH is 1. The summed E-state index contributed by atoms with van der Waals surface area (Å²) in [6.07, 6.45) is 3.84. The van der Waals surface area contributed by atoms with Gasteiger partial charge in [-0.05, 0) is 37.5 Å². The fourth-order valence-corrected chi connectivity index (χ4v) is 4.08. The minimum Gasteiger partial charge on any atom is -0.387 e. The lowest BCUT2D eigenvalue weighted by atomic mass is 10.0. The Bertz CT molecular complexity index is 783. The second kappa shape index (κ2) is 7.78. The summed E-state index contributed by atoms with van der Waals surface area (Å²) in [6, 6.07) is 7.99. The lowest BCUT2D eigenvalue weighted by Gasteiger charge is -2.40. The summed E-state index contributed by atoms with van der Waals surface area (Å²) in [4.78, 5) is 21.2. The van der Waals surface area contributed by atoms with E-state index in [2.05, 4.69) is 15.0 Å². The molecule has 7 heteroatoms. The SMILES string of the molecule is CC[C@H](O)c1cc2n(n1)CCN(C1CCN(C(=O)c3ccccn3)CC1)C2. The van der Waals surface area contributed by atoms with Crippen molar-refractivity contribution in [1.82, 2.24) is 24.6 Å². The van der Waals surface area contributed by atoms with Gasteiger partial charge in [0.2, 0.25) is 0 Å². The van der Waals surface area contributed by atoms with Gasteiger partial charge >= 0.3 is 0 Å². The number of nitrogens with zero attached hydrogens (tertiary/aromatic N) is 5. The summed E-state index contributed by atoms with van der Waals surface area (Å²) in [5.41, 5.74) is 2.49. The number of aromatic nitrogens is 3. The third kappa shape index (κ3) is 3.75. The second-order valence-electron chi connectivity index (χ2n) is 7.42. The van der Waals surface area contributed by atoms with E-state index in [1.165, 1.54) is 5.69 Å². The van der Waals surface area contributed by atoms with Crippen LogP contribution in [0.4, 0.5) is 0 Å². The number of hydrogen-bond donors (Lipinski definition) is 1. The summed E-state index contributed by atoms with van der Waals surface area (Å²) < 4.78 is 2.03. The Morgan fingerprint density at radius 2 is 2.07 bits per heavy atom. The predicted molar refractivity (Wildman–Crippen MR) is 101 cm³/mol. The Balaban J connectivity index is 1.35. The van der Waals surface area contributed by atoms with Crippen LogP contribution in [0.3, 0.4) is 0 Å². The number of piperidine rings is 1. The predicted octanol–water partition coefficient (Wildman–Crippen LogP) is 1.84. The van der Waals surface area contributed by atoms with Crippen molar-refractivity contribution in [3.05, 3.63) is 47.5 Å². The van der Waals surface area contributed by atoms with E-state index in [-0.39, 0.29) is 5.91 Å². The van der Waals surface area contributed by atoms with Crippen molar-refractivity contribution in [3.8, 4) is 0 Å². The molecule has 1 amide bonds. The third-order valence-electron chi connectivity index (χ3n) is 5.73. The molecule has 1 fully saturated rings. The van der Waals surface area contributed by atoms with E-state index in [9.17, 15) is 9.90 Å². The molecule has 0 aliphatic carbocycles. The van der Waals surface area contributed by atoms with Gasteiger partial charge in [0.25, 0.3) is 5.91 Å². The van der Waals surface area contributed by atoms with Crippen molar-refractivity contribution in [2.45, 2.75) is 51.4 Å². The van der Waals surface area contributed by atoms with Gasteiger partial charge in [0.15, 0.2) is 0 Å². The molecule has 4 heterocycles. The van der Waals surface area contributed by atoms with Gasteiger partial charge in [-0.25, -0.2) is 0 Å². The highest BCUT2D eigenvalue weighted by atomic mass is 16.3.